The molecule has 0 saturated heterocycles. The minimum absolute atomic E-state index is 0.0459. The number of rotatable bonds is 6. The molecule has 0 fully saturated rings. The van der Waals surface area contributed by atoms with E-state index in [1.807, 2.05) is 0 Å². The summed E-state index contributed by atoms with van der Waals surface area (Å²) in [5.74, 6) is -1.14. The molecule has 8 nitrogen and oxygen atoms in total. The number of hydrogen-bond donors (Lipinski definition) is 2. The lowest BCUT2D eigenvalue weighted by Gasteiger charge is -2.18. The zero-order valence-corrected chi connectivity index (χ0v) is 20.6. The summed E-state index contributed by atoms with van der Waals surface area (Å²) < 4.78 is 5.25. The topological polar surface area (TPSA) is 105 Å². The first-order chi connectivity index (χ1) is 16.3. The summed E-state index contributed by atoms with van der Waals surface area (Å²) in [4.78, 5) is 52.2. The van der Waals surface area contributed by atoms with Gasteiger partial charge in [-0.25, -0.2) is 4.79 Å². The smallest absolute Gasteiger partial charge is 0.341 e. The number of hydrogen-bond acceptors (Lipinski definition) is 7. The Morgan fingerprint density at radius 1 is 1.21 bits per heavy atom. The van der Waals surface area contributed by atoms with Gasteiger partial charge in [0.25, 0.3) is 11.8 Å². The van der Waals surface area contributed by atoms with Crippen LogP contribution in [-0.2, 0) is 22.4 Å². The highest BCUT2D eigenvalue weighted by Gasteiger charge is 2.35. The van der Waals surface area contributed by atoms with Gasteiger partial charge in [0, 0.05) is 17.8 Å². The Morgan fingerprint density at radius 2 is 1.88 bits per heavy atom. The maximum atomic E-state index is 12.6. The van der Waals surface area contributed by atoms with Gasteiger partial charge in [-0.05, 0) is 62.0 Å². The number of ether oxygens (including phenoxy) is 1. The van der Waals surface area contributed by atoms with Crippen LogP contribution in [0.3, 0.4) is 0 Å². The van der Waals surface area contributed by atoms with Crippen molar-refractivity contribution in [3.63, 3.8) is 0 Å². The molecule has 34 heavy (non-hydrogen) atoms. The molecule has 1 aliphatic carbocycles. The van der Waals surface area contributed by atoms with Crippen LogP contribution in [0.5, 0.6) is 0 Å². The molecule has 1 aliphatic heterocycles. The number of thiocarbonyl (C=S) groups is 1. The van der Waals surface area contributed by atoms with Crippen molar-refractivity contribution in [1.29, 1.82) is 0 Å². The Labute approximate surface area is 206 Å². The molecule has 0 radical (unpaired) electrons. The van der Waals surface area contributed by atoms with Gasteiger partial charge in [-0.15, -0.1) is 11.3 Å². The van der Waals surface area contributed by atoms with Gasteiger partial charge in [-0.3, -0.25) is 19.3 Å². The summed E-state index contributed by atoms with van der Waals surface area (Å²) in [5, 5.41) is 6.16. The van der Waals surface area contributed by atoms with Crippen LogP contribution in [0.4, 0.5) is 5.00 Å². The van der Waals surface area contributed by atoms with Crippen LogP contribution in [0.15, 0.2) is 24.3 Å². The van der Waals surface area contributed by atoms with Gasteiger partial charge in [0.1, 0.15) is 5.00 Å². The fourth-order valence-electron chi connectivity index (χ4n) is 4.24. The number of carbonyl (C=O) groups is 4. The number of amides is 3. The molecule has 0 spiro atoms. The lowest BCUT2D eigenvalue weighted by molar-refractivity contribution is -0.119. The van der Waals surface area contributed by atoms with E-state index in [4.69, 9.17) is 17.0 Å². The van der Waals surface area contributed by atoms with Crippen molar-refractivity contribution in [3.8, 4) is 0 Å². The summed E-state index contributed by atoms with van der Waals surface area (Å²) in [6.07, 6.45) is 2.57. The van der Waals surface area contributed by atoms with E-state index in [1.54, 1.807) is 31.2 Å². The van der Waals surface area contributed by atoms with E-state index in [0.717, 1.165) is 34.6 Å². The Kier molecular flexibility index (Phi) is 7.08. The fraction of sp³-hybridized carbons (Fsp3) is 0.375. The first-order valence-corrected chi connectivity index (χ1v) is 12.4. The molecular formula is C24H25N3O5S2. The van der Waals surface area contributed by atoms with Crippen LogP contribution >= 0.6 is 23.6 Å². The van der Waals surface area contributed by atoms with E-state index in [1.165, 1.54) is 11.3 Å². The lowest BCUT2D eigenvalue weighted by Crippen LogP contribution is -2.38. The van der Waals surface area contributed by atoms with E-state index in [-0.39, 0.29) is 24.7 Å². The van der Waals surface area contributed by atoms with Gasteiger partial charge in [-0.1, -0.05) is 19.1 Å². The molecule has 2 N–H and O–H groups in total. The minimum Gasteiger partial charge on any atom is -0.462 e. The third kappa shape index (κ3) is 4.74. The lowest BCUT2D eigenvalue weighted by atomic mass is 9.88. The fourth-order valence-corrected chi connectivity index (χ4v) is 5.92. The molecule has 1 aromatic heterocycles. The summed E-state index contributed by atoms with van der Waals surface area (Å²) >= 11 is 6.76. The Morgan fingerprint density at radius 3 is 2.53 bits per heavy atom. The Balaban J connectivity index is 1.38. The average molecular weight is 500 g/mol. The molecule has 0 saturated carbocycles. The predicted octanol–water partition coefficient (Wildman–Crippen LogP) is 3.55. The van der Waals surface area contributed by atoms with E-state index in [2.05, 4.69) is 17.6 Å². The van der Waals surface area contributed by atoms with E-state index >= 15 is 0 Å². The third-order valence-corrected chi connectivity index (χ3v) is 7.29. The van der Waals surface area contributed by atoms with E-state index in [0.29, 0.717) is 27.6 Å². The van der Waals surface area contributed by atoms with E-state index < -0.39 is 23.7 Å². The number of nitrogens with zero attached hydrogens (tertiary/aromatic N) is 1. The van der Waals surface area contributed by atoms with Gasteiger partial charge in [-0.2, -0.15) is 0 Å². The molecule has 4 rings (SSSR count). The molecule has 2 aromatic rings. The van der Waals surface area contributed by atoms with Crippen molar-refractivity contribution in [1.82, 2.24) is 10.2 Å². The molecule has 10 heteroatoms. The summed E-state index contributed by atoms with van der Waals surface area (Å²) in [6.45, 7) is 4.14. The molecule has 1 atom stereocenters. The standard InChI is InChI=1S/C24H25N3O5S2/c1-3-32-23(31)19-16-9-8-13(2)12-17(16)34-20(19)26-24(33)25-18(28)10-11-27-21(29)14-6-4-5-7-15(14)22(27)30/h4-7,13H,3,8-12H2,1-2H3,(H2,25,26,28,33). The number of thiophene rings is 1. The number of esters is 1. The number of imide groups is 1. The number of benzene rings is 1. The third-order valence-electron chi connectivity index (χ3n) is 5.91. The highest BCUT2D eigenvalue weighted by atomic mass is 32.1. The molecule has 1 aromatic carbocycles. The van der Waals surface area contributed by atoms with Crippen LogP contribution < -0.4 is 10.6 Å². The van der Waals surface area contributed by atoms with Crippen molar-refractivity contribution < 1.29 is 23.9 Å². The van der Waals surface area contributed by atoms with Crippen LogP contribution in [0.25, 0.3) is 0 Å². The molecule has 2 aliphatic rings. The second kappa shape index (κ2) is 10.0. The maximum absolute atomic E-state index is 12.6. The minimum atomic E-state index is -0.443. The van der Waals surface area contributed by atoms with Crippen molar-refractivity contribution in [2.45, 2.75) is 39.5 Å². The Hall–Kier alpha value is -3.11. The average Bonchev–Trinajstić information content (AvgIpc) is 3.26. The van der Waals surface area contributed by atoms with Crippen molar-refractivity contribution in [2.75, 3.05) is 18.5 Å². The van der Waals surface area contributed by atoms with Crippen LogP contribution in [-0.4, -0.2) is 46.9 Å². The molecule has 178 valence electrons. The second-order valence-corrected chi connectivity index (χ2v) is 9.85. The predicted molar refractivity (Wildman–Crippen MR) is 132 cm³/mol. The summed E-state index contributed by atoms with van der Waals surface area (Å²) in [7, 11) is 0. The quantitative estimate of drug-likeness (QED) is 0.356. The van der Waals surface area contributed by atoms with Crippen molar-refractivity contribution >= 4 is 57.4 Å². The number of anilines is 1. The SMILES string of the molecule is CCOC(=O)c1c(NC(=S)NC(=O)CCN2C(=O)c3ccccc3C2=O)sc2c1CCC(C)C2. The largest absolute Gasteiger partial charge is 0.462 e. The summed E-state index contributed by atoms with van der Waals surface area (Å²) in [5.41, 5.74) is 2.15. The first-order valence-electron chi connectivity index (χ1n) is 11.2. The monoisotopic (exact) mass is 499 g/mol. The zero-order chi connectivity index (χ0) is 24.4. The van der Waals surface area contributed by atoms with E-state index in [9.17, 15) is 19.2 Å². The highest BCUT2D eigenvalue weighted by Crippen LogP contribution is 2.40. The normalized spacial score (nSPS) is 16.6. The highest BCUT2D eigenvalue weighted by molar-refractivity contribution is 7.80. The number of nitrogens with one attached hydrogen (secondary N) is 2. The van der Waals surface area contributed by atoms with Crippen LogP contribution in [0.1, 0.15) is 68.2 Å². The molecule has 1 unspecified atom stereocenters. The number of fused-ring (bicyclic) bond motifs is 2. The molecule has 0 bridgehead atoms. The van der Waals surface area contributed by atoms with Gasteiger partial charge >= 0.3 is 5.97 Å². The van der Waals surface area contributed by atoms with Gasteiger partial charge < -0.3 is 15.4 Å². The summed E-state index contributed by atoms with van der Waals surface area (Å²) in [6, 6.07) is 6.57. The molecule has 3 amide bonds. The van der Waals surface area contributed by atoms with Crippen LogP contribution in [0, 0.1) is 5.92 Å². The molecular weight excluding hydrogens is 474 g/mol. The van der Waals surface area contributed by atoms with Crippen LogP contribution in [0.2, 0.25) is 0 Å². The maximum Gasteiger partial charge on any atom is 0.341 e. The van der Waals surface area contributed by atoms with Crippen molar-refractivity contribution in [2.24, 2.45) is 5.92 Å². The molecule has 2 heterocycles. The zero-order valence-electron chi connectivity index (χ0n) is 18.9. The van der Waals surface area contributed by atoms with Crippen molar-refractivity contribution in [3.05, 3.63) is 51.4 Å². The second-order valence-electron chi connectivity index (χ2n) is 8.34. The van der Waals surface area contributed by atoms with Gasteiger partial charge in [0.15, 0.2) is 5.11 Å². The van der Waals surface area contributed by atoms with Gasteiger partial charge in [0.05, 0.1) is 23.3 Å². The number of carbonyl (C=O) groups excluding carboxylic acids is 4. The van der Waals surface area contributed by atoms with Gasteiger partial charge in [0.2, 0.25) is 5.91 Å². The first kappa shape index (κ1) is 24.0. The Bertz CT molecular complexity index is 1150.